The lowest BCUT2D eigenvalue weighted by molar-refractivity contribution is 0.0791. The molecule has 0 heterocycles. The van der Waals surface area contributed by atoms with Gasteiger partial charge in [0.1, 0.15) is 0 Å². The van der Waals surface area contributed by atoms with Gasteiger partial charge in [-0.3, -0.25) is 0 Å². The van der Waals surface area contributed by atoms with Crippen molar-refractivity contribution >= 4 is 23.2 Å². The maximum absolute atomic E-state index is 6.07. The van der Waals surface area contributed by atoms with Gasteiger partial charge in [-0.05, 0) is 25.0 Å². The molecule has 0 unspecified atom stereocenters. The summed E-state index contributed by atoms with van der Waals surface area (Å²) in [6.07, 6.45) is 2.01. The van der Waals surface area contributed by atoms with E-state index >= 15 is 0 Å². The lowest BCUT2D eigenvalue weighted by Crippen LogP contribution is -2.10. The Balaban J connectivity index is 2.50. The number of benzene rings is 1. The van der Waals surface area contributed by atoms with Crippen LogP contribution < -0.4 is 0 Å². The van der Waals surface area contributed by atoms with Gasteiger partial charge in [0, 0.05) is 22.7 Å². The zero-order valence-corrected chi connectivity index (χ0v) is 8.82. The minimum Gasteiger partial charge on any atom is -0.373 e. The van der Waals surface area contributed by atoms with E-state index in [0.29, 0.717) is 10.0 Å². The Bertz CT molecular complexity index is 311. The van der Waals surface area contributed by atoms with Gasteiger partial charge in [-0.25, -0.2) is 0 Å². The number of hydrogen-bond donors (Lipinski definition) is 0. The van der Waals surface area contributed by atoms with Gasteiger partial charge in [0.2, 0.25) is 0 Å². The van der Waals surface area contributed by atoms with Crippen LogP contribution in [0.1, 0.15) is 18.4 Å². The number of hydrogen-bond acceptors (Lipinski definition) is 1. The fourth-order valence-corrected chi connectivity index (χ4v) is 2.34. The van der Waals surface area contributed by atoms with Gasteiger partial charge in [0.05, 0.1) is 5.60 Å². The smallest absolute Gasteiger partial charge is 0.0958 e. The van der Waals surface area contributed by atoms with Crippen LogP contribution >= 0.6 is 23.2 Å². The van der Waals surface area contributed by atoms with Crippen LogP contribution in [0, 0.1) is 0 Å². The molecule has 0 amide bonds. The molecule has 1 nitrogen and oxygen atoms in total. The fourth-order valence-electron chi connectivity index (χ4n) is 1.60. The average Bonchev–Trinajstić information content (AvgIpc) is 2.85. The molecule has 0 saturated heterocycles. The summed E-state index contributed by atoms with van der Waals surface area (Å²) in [7, 11) is 1.70. The van der Waals surface area contributed by atoms with Crippen molar-refractivity contribution in [3.8, 4) is 0 Å². The van der Waals surface area contributed by atoms with E-state index in [2.05, 4.69) is 0 Å². The molecule has 13 heavy (non-hydrogen) atoms. The second-order valence-corrected chi connectivity index (χ2v) is 4.11. The molecular weight excluding hydrogens is 207 g/mol. The van der Waals surface area contributed by atoms with Crippen molar-refractivity contribution in [3.63, 3.8) is 0 Å². The van der Waals surface area contributed by atoms with Crippen LogP contribution in [0.25, 0.3) is 0 Å². The van der Waals surface area contributed by atoms with Gasteiger partial charge in [-0.2, -0.15) is 0 Å². The van der Waals surface area contributed by atoms with Gasteiger partial charge in [-0.15, -0.1) is 0 Å². The molecule has 0 aliphatic heterocycles. The minimum atomic E-state index is -0.199. The van der Waals surface area contributed by atoms with Crippen LogP contribution in [0.15, 0.2) is 18.2 Å². The summed E-state index contributed by atoms with van der Waals surface area (Å²) < 4.78 is 5.43. The van der Waals surface area contributed by atoms with E-state index in [1.54, 1.807) is 7.11 Å². The first kappa shape index (κ1) is 9.32. The van der Waals surface area contributed by atoms with E-state index < -0.39 is 0 Å². The van der Waals surface area contributed by atoms with Crippen LogP contribution in [0.5, 0.6) is 0 Å². The molecule has 1 aromatic carbocycles. The summed E-state index contributed by atoms with van der Waals surface area (Å²) in [6.45, 7) is 0. The Morgan fingerprint density at radius 1 is 1.23 bits per heavy atom. The summed E-state index contributed by atoms with van der Waals surface area (Å²) in [5.41, 5.74) is 0.746. The monoisotopic (exact) mass is 216 g/mol. The molecule has 1 aromatic rings. The second-order valence-electron chi connectivity index (χ2n) is 3.30. The van der Waals surface area contributed by atoms with Crippen molar-refractivity contribution in [2.45, 2.75) is 18.4 Å². The van der Waals surface area contributed by atoms with Crippen molar-refractivity contribution in [1.82, 2.24) is 0 Å². The van der Waals surface area contributed by atoms with Gasteiger partial charge < -0.3 is 4.74 Å². The topological polar surface area (TPSA) is 9.23 Å². The number of halogens is 2. The first-order chi connectivity index (χ1) is 6.19. The Hall–Kier alpha value is -0.240. The average molecular weight is 217 g/mol. The van der Waals surface area contributed by atoms with Gasteiger partial charge in [-0.1, -0.05) is 29.3 Å². The third-order valence-corrected chi connectivity index (χ3v) is 3.14. The molecule has 0 N–H and O–H groups in total. The first-order valence-corrected chi connectivity index (χ1v) is 4.95. The SMILES string of the molecule is COC1(c2c(Cl)cccc2Cl)CC1. The molecule has 1 aliphatic carbocycles. The van der Waals surface area contributed by atoms with Gasteiger partial charge in [0.25, 0.3) is 0 Å². The highest BCUT2D eigenvalue weighted by Gasteiger charge is 2.47. The third kappa shape index (κ3) is 1.45. The fraction of sp³-hybridized carbons (Fsp3) is 0.400. The van der Waals surface area contributed by atoms with Crippen molar-refractivity contribution < 1.29 is 4.74 Å². The highest BCUT2D eigenvalue weighted by atomic mass is 35.5. The zero-order valence-electron chi connectivity index (χ0n) is 7.31. The first-order valence-electron chi connectivity index (χ1n) is 4.19. The maximum atomic E-state index is 6.07. The number of ether oxygens (including phenoxy) is 1. The third-order valence-electron chi connectivity index (χ3n) is 2.51. The molecule has 0 radical (unpaired) electrons. The largest absolute Gasteiger partial charge is 0.373 e. The molecule has 0 bridgehead atoms. The molecule has 0 atom stereocenters. The Labute approximate surface area is 87.6 Å². The number of methoxy groups -OCH3 is 1. The van der Waals surface area contributed by atoms with Crippen molar-refractivity contribution in [2.75, 3.05) is 7.11 Å². The standard InChI is InChI=1S/C10H10Cl2O/c1-13-10(5-6-10)9-7(11)3-2-4-8(9)12/h2-4H,5-6H2,1H3. The normalized spacial score (nSPS) is 18.7. The molecule has 1 fully saturated rings. The van der Waals surface area contributed by atoms with Crippen molar-refractivity contribution in [2.24, 2.45) is 0 Å². The van der Waals surface area contributed by atoms with Crippen LogP contribution in [0.3, 0.4) is 0 Å². The summed E-state index contributed by atoms with van der Waals surface area (Å²) in [5.74, 6) is 0. The van der Waals surface area contributed by atoms with Gasteiger partial charge >= 0.3 is 0 Å². The van der Waals surface area contributed by atoms with Crippen LogP contribution in [-0.2, 0) is 10.3 Å². The van der Waals surface area contributed by atoms with Crippen molar-refractivity contribution in [1.29, 1.82) is 0 Å². The zero-order chi connectivity index (χ0) is 9.47. The molecule has 0 aromatic heterocycles. The van der Waals surface area contributed by atoms with E-state index in [-0.39, 0.29) is 5.60 Å². The molecule has 70 valence electrons. The minimum absolute atomic E-state index is 0.199. The highest BCUT2D eigenvalue weighted by molar-refractivity contribution is 6.36. The number of rotatable bonds is 2. The Kier molecular flexibility index (Phi) is 2.26. The van der Waals surface area contributed by atoms with Crippen LogP contribution in [0.2, 0.25) is 10.0 Å². The molecule has 0 spiro atoms. The van der Waals surface area contributed by atoms with Crippen molar-refractivity contribution in [3.05, 3.63) is 33.8 Å². The lowest BCUT2D eigenvalue weighted by Gasteiger charge is -2.16. The molecule has 2 rings (SSSR count). The summed E-state index contributed by atoms with van der Waals surface area (Å²) in [5, 5.41) is 1.40. The van der Waals surface area contributed by atoms with Crippen LogP contribution in [0.4, 0.5) is 0 Å². The van der Waals surface area contributed by atoms with E-state index in [0.717, 1.165) is 18.4 Å². The molecule has 3 heteroatoms. The summed E-state index contributed by atoms with van der Waals surface area (Å²) >= 11 is 12.1. The highest BCUT2D eigenvalue weighted by Crippen LogP contribution is 2.53. The summed E-state index contributed by atoms with van der Waals surface area (Å²) in [6, 6.07) is 5.55. The lowest BCUT2D eigenvalue weighted by atomic mass is 10.1. The van der Waals surface area contributed by atoms with Gasteiger partial charge in [0.15, 0.2) is 0 Å². The van der Waals surface area contributed by atoms with E-state index in [4.69, 9.17) is 27.9 Å². The predicted octanol–water partition coefficient (Wildman–Crippen LogP) is 3.63. The van der Waals surface area contributed by atoms with Crippen LogP contribution in [-0.4, -0.2) is 7.11 Å². The molecule has 1 saturated carbocycles. The predicted molar refractivity (Wildman–Crippen MR) is 54.4 cm³/mol. The molecule has 1 aliphatic rings. The Morgan fingerprint density at radius 3 is 2.15 bits per heavy atom. The Morgan fingerprint density at radius 2 is 1.77 bits per heavy atom. The molecular formula is C10H10Cl2O. The second kappa shape index (κ2) is 3.16. The summed E-state index contributed by atoms with van der Waals surface area (Å²) in [4.78, 5) is 0. The van der Waals surface area contributed by atoms with E-state index in [1.165, 1.54) is 0 Å². The van der Waals surface area contributed by atoms with E-state index in [9.17, 15) is 0 Å². The maximum Gasteiger partial charge on any atom is 0.0958 e. The quantitative estimate of drug-likeness (QED) is 0.734. The van der Waals surface area contributed by atoms with E-state index in [1.807, 2.05) is 18.2 Å².